The number of hydrogen-bond donors (Lipinski definition) is 2. The Bertz CT molecular complexity index is 241. The molecule has 0 fully saturated rings. The Morgan fingerprint density at radius 2 is 1.71 bits per heavy atom. The van der Waals surface area contributed by atoms with E-state index in [0.29, 0.717) is 12.5 Å². The topological polar surface area (TPSA) is 41.1 Å². The highest BCUT2D eigenvalue weighted by Gasteiger charge is 2.30. The average molecular weight is 254 g/mol. The zero-order valence-electron chi connectivity index (χ0n) is 10.7. The smallest absolute Gasteiger partial charge is 0.354 e. The molecule has 0 aliphatic rings. The van der Waals surface area contributed by atoms with Gasteiger partial charge in [0.05, 0.1) is 12.5 Å². The minimum absolute atomic E-state index is 0.271. The Morgan fingerprint density at radius 3 is 2.12 bits per heavy atom. The predicted octanol–water partition coefficient (Wildman–Crippen LogP) is 2.08. The summed E-state index contributed by atoms with van der Waals surface area (Å²) in [5, 5.41) is 5.30. The molecule has 0 spiro atoms. The Balaban J connectivity index is 3.99. The van der Waals surface area contributed by atoms with Gasteiger partial charge in [0, 0.05) is 12.6 Å². The van der Waals surface area contributed by atoms with E-state index in [1.807, 2.05) is 13.8 Å². The highest BCUT2D eigenvalue weighted by atomic mass is 19.4. The molecule has 0 heterocycles. The molecule has 6 heteroatoms. The van der Waals surface area contributed by atoms with Gasteiger partial charge in [0.1, 0.15) is 0 Å². The van der Waals surface area contributed by atoms with Gasteiger partial charge in [-0.25, -0.2) is 0 Å². The summed E-state index contributed by atoms with van der Waals surface area (Å²) in [7, 11) is 0. The van der Waals surface area contributed by atoms with Gasteiger partial charge in [-0.2, -0.15) is 13.2 Å². The molecule has 0 radical (unpaired) electrons. The summed E-state index contributed by atoms with van der Waals surface area (Å²) in [4.78, 5) is 11.5. The van der Waals surface area contributed by atoms with Crippen molar-refractivity contribution in [2.24, 2.45) is 5.92 Å². The van der Waals surface area contributed by atoms with Gasteiger partial charge in [-0.15, -0.1) is 0 Å². The van der Waals surface area contributed by atoms with Crippen LogP contribution >= 0.6 is 0 Å². The van der Waals surface area contributed by atoms with E-state index in [1.54, 1.807) is 6.92 Å². The van der Waals surface area contributed by atoms with Crippen molar-refractivity contribution in [1.29, 1.82) is 0 Å². The summed E-state index contributed by atoms with van der Waals surface area (Å²) < 4.78 is 36.2. The zero-order valence-corrected chi connectivity index (χ0v) is 10.7. The van der Waals surface area contributed by atoms with Crippen LogP contribution in [0.4, 0.5) is 13.2 Å². The van der Waals surface area contributed by atoms with Crippen LogP contribution in [0.1, 0.15) is 34.1 Å². The molecule has 0 aliphatic heterocycles. The minimum Gasteiger partial charge on any atom is -0.354 e. The van der Waals surface area contributed by atoms with Gasteiger partial charge in [-0.05, 0) is 19.8 Å². The summed E-state index contributed by atoms with van der Waals surface area (Å²) in [6.07, 6.45) is -5.14. The van der Waals surface area contributed by atoms with Crippen LogP contribution in [0.25, 0.3) is 0 Å². The van der Waals surface area contributed by atoms with Crippen molar-refractivity contribution in [2.45, 2.75) is 52.4 Å². The van der Waals surface area contributed by atoms with Crippen molar-refractivity contribution in [1.82, 2.24) is 10.6 Å². The van der Waals surface area contributed by atoms with E-state index >= 15 is 0 Å². The lowest BCUT2D eigenvalue weighted by molar-refractivity contribution is -0.140. The minimum atomic E-state index is -4.21. The second kappa shape index (κ2) is 6.83. The van der Waals surface area contributed by atoms with E-state index in [9.17, 15) is 18.0 Å². The first-order valence-corrected chi connectivity index (χ1v) is 5.72. The third kappa shape index (κ3) is 8.97. The largest absolute Gasteiger partial charge is 0.390 e. The van der Waals surface area contributed by atoms with Crippen molar-refractivity contribution in [3.8, 4) is 0 Å². The monoisotopic (exact) mass is 254 g/mol. The van der Waals surface area contributed by atoms with Gasteiger partial charge in [-0.1, -0.05) is 13.8 Å². The van der Waals surface area contributed by atoms with Crippen LogP contribution in [0.2, 0.25) is 0 Å². The van der Waals surface area contributed by atoms with Gasteiger partial charge in [0.2, 0.25) is 5.91 Å². The average Bonchev–Trinajstić information content (AvgIpc) is 2.10. The molecule has 2 atom stereocenters. The third-order valence-corrected chi connectivity index (χ3v) is 2.15. The second-order valence-electron chi connectivity index (χ2n) is 4.75. The molecule has 0 aromatic rings. The van der Waals surface area contributed by atoms with Crippen molar-refractivity contribution in [3.05, 3.63) is 0 Å². The number of hydrogen-bond acceptors (Lipinski definition) is 2. The van der Waals surface area contributed by atoms with Crippen LogP contribution in [0, 0.1) is 5.92 Å². The second-order valence-corrected chi connectivity index (χ2v) is 4.75. The van der Waals surface area contributed by atoms with Crippen molar-refractivity contribution < 1.29 is 18.0 Å². The van der Waals surface area contributed by atoms with Gasteiger partial charge < -0.3 is 10.6 Å². The SMILES string of the molecule is CC(C)CNC(=O)C(C)NC(C)CC(F)(F)F. The number of amides is 1. The van der Waals surface area contributed by atoms with Crippen LogP contribution < -0.4 is 10.6 Å². The third-order valence-electron chi connectivity index (χ3n) is 2.15. The number of halogens is 3. The van der Waals surface area contributed by atoms with E-state index in [4.69, 9.17) is 0 Å². The molecule has 0 aliphatic carbocycles. The Hall–Kier alpha value is -0.780. The molecule has 3 nitrogen and oxygen atoms in total. The molecule has 0 aromatic carbocycles. The first kappa shape index (κ1) is 16.2. The van der Waals surface area contributed by atoms with Crippen LogP contribution in [0.15, 0.2) is 0 Å². The van der Waals surface area contributed by atoms with Crippen molar-refractivity contribution in [2.75, 3.05) is 6.54 Å². The number of rotatable bonds is 6. The van der Waals surface area contributed by atoms with E-state index in [-0.39, 0.29) is 5.91 Å². The van der Waals surface area contributed by atoms with E-state index in [0.717, 1.165) is 0 Å². The Labute approximate surface area is 100 Å². The van der Waals surface area contributed by atoms with Crippen molar-refractivity contribution in [3.63, 3.8) is 0 Å². The molecule has 1 amide bonds. The molecule has 2 N–H and O–H groups in total. The summed E-state index contributed by atoms with van der Waals surface area (Å²) in [5.41, 5.74) is 0. The van der Waals surface area contributed by atoms with E-state index in [2.05, 4.69) is 10.6 Å². The first-order valence-electron chi connectivity index (χ1n) is 5.72. The highest BCUT2D eigenvalue weighted by Crippen LogP contribution is 2.21. The molecule has 2 unspecified atom stereocenters. The van der Waals surface area contributed by atoms with Crippen LogP contribution in [-0.4, -0.2) is 30.7 Å². The number of alkyl halides is 3. The molecule has 0 bridgehead atoms. The van der Waals surface area contributed by atoms with Gasteiger partial charge in [0.15, 0.2) is 0 Å². The molecule has 0 saturated carbocycles. The van der Waals surface area contributed by atoms with Crippen LogP contribution in [0.5, 0.6) is 0 Å². The maximum absolute atomic E-state index is 12.1. The van der Waals surface area contributed by atoms with Gasteiger partial charge in [-0.3, -0.25) is 4.79 Å². The number of nitrogens with one attached hydrogen (secondary N) is 2. The summed E-state index contributed by atoms with van der Waals surface area (Å²) in [6.45, 7) is 7.40. The molecular formula is C11H21F3N2O. The molecule has 0 aromatic heterocycles. The maximum Gasteiger partial charge on any atom is 0.390 e. The Morgan fingerprint density at radius 1 is 1.18 bits per heavy atom. The van der Waals surface area contributed by atoms with Crippen molar-refractivity contribution >= 4 is 5.91 Å². The van der Waals surface area contributed by atoms with Gasteiger partial charge >= 0.3 is 6.18 Å². The van der Waals surface area contributed by atoms with Gasteiger partial charge in [0.25, 0.3) is 0 Å². The lowest BCUT2D eigenvalue weighted by atomic mass is 10.2. The molecule has 102 valence electrons. The fourth-order valence-corrected chi connectivity index (χ4v) is 1.37. The first-order chi connectivity index (χ1) is 7.61. The summed E-state index contributed by atoms with van der Waals surface area (Å²) in [6, 6.07) is -1.39. The molecular weight excluding hydrogens is 233 g/mol. The lowest BCUT2D eigenvalue weighted by Gasteiger charge is -2.21. The summed E-state index contributed by atoms with van der Waals surface area (Å²) in [5.74, 6) is 0.0477. The normalized spacial score (nSPS) is 15.8. The predicted molar refractivity (Wildman–Crippen MR) is 60.6 cm³/mol. The maximum atomic E-state index is 12.1. The number of carbonyl (C=O) groups is 1. The fraction of sp³-hybridized carbons (Fsp3) is 0.909. The van der Waals surface area contributed by atoms with Crippen LogP contribution in [0.3, 0.4) is 0 Å². The summed E-state index contributed by atoms with van der Waals surface area (Å²) >= 11 is 0. The Kier molecular flexibility index (Phi) is 6.52. The van der Waals surface area contributed by atoms with E-state index in [1.165, 1.54) is 6.92 Å². The quantitative estimate of drug-likeness (QED) is 0.762. The van der Waals surface area contributed by atoms with E-state index < -0.39 is 24.7 Å². The number of carbonyl (C=O) groups excluding carboxylic acids is 1. The fourth-order valence-electron chi connectivity index (χ4n) is 1.37. The molecule has 17 heavy (non-hydrogen) atoms. The molecule has 0 rings (SSSR count). The lowest BCUT2D eigenvalue weighted by Crippen LogP contribution is -2.47. The standard InChI is InChI=1S/C11H21F3N2O/c1-7(2)6-15-10(17)9(4)16-8(3)5-11(12,13)14/h7-9,16H,5-6H2,1-4H3,(H,15,17). The molecule has 0 saturated heterocycles. The van der Waals surface area contributed by atoms with Crippen LogP contribution in [-0.2, 0) is 4.79 Å². The zero-order chi connectivity index (χ0) is 13.6. The highest BCUT2D eigenvalue weighted by molar-refractivity contribution is 5.81.